The molecule has 0 bridgehead atoms. The molecule has 2 rings (SSSR count). The Morgan fingerprint density at radius 3 is 2.29 bits per heavy atom. The Hall–Kier alpha value is -1.50. The summed E-state index contributed by atoms with van der Waals surface area (Å²) in [6.07, 6.45) is 6.41. The molecule has 1 unspecified atom stereocenters. The molecule has 1 saturated carbocycles. The van der Waals surface area contributed by atoms with E-state index >= 15 is 0 Å². The summed E-state index contributed by atoms with van der Waals surface area (Å²) in [6.45, 7) is 9.56. The van der Waals surface area contributed by atoms with Gasteiger partial charge in [-0.2, -0.15) is 0 Å². The number of hydrogen-bond acceptors (Lipinski definition) is 5. The van der Waals surface area contributed by atoms with Gasteiger partial charge in [-0.25, -0.2) is 4.98 Å². The van der Waals surface area contributed by atoms with Crippen LogP contribution in [0.3, 0.4) is 0 Å². The van der Waals surface area contributed by atoms with Crippen LogP contribution in [0.15, 0.2) is 18.3 Å². The molecule has 6 heteroatoms. The maximum absolute atomic E-state index is 11.8. The Bertz CT molecular complexity index is 508. The highest BCUT2D eigenvalue weighted by atomic mass is 16.5. The molecule has 1 fully saturated rings. The van der Waals surface area contributed by atoms with E-state index in [2.05, 4.69) is 29.5 Å². The monoisotopic (exact) mass is 395 g/mol. The minimum absolute atomic E-state index is 0.0774. The van der Waals surface area contributed by atoms with Crippen LogP contribution in [0, 0.1) is 5.92 Å². The number of ether oxygens (including phenoxy) is 2. The molecular weight excluding hydrogens is 354 g/mol. The first-order valence-electron chi connectivity index (χ1n) is 10.6. The zero-order chi connectivity index (χ0) is 21.4. The normalized spacial score (nSPS) is 14.7. The van der Waals surface area contributed by atoms with E-state index in [9.17, 15) is 4.79 Å². The van der Waals surface area contributed by atoms with E-state index in [0.29, 0.717) is 19.0 Å². The lowest BCUT2D eigenvalue weighted by Crippen LogP contribution is -2.31. The summed E-state index contributed by atoms with van der Waals surface area (Å²) in [7, 11) is 5.45. The fourth-order valence-corrected chi connectivity index (χ4v) is 2.66. The van der Waals surface area contributed by atoms with Gasteiger partial charge in [0, 0.05) is 44.4 Å². The van der Waals surface area contributed by atoms with E-state index in [1.807, 2.05) is 46.3 Å². The van der Waals surface area contributed by atoms with Gasteiger partial charge in [-0.15, -0.1) is 0 Å². The van der Waals surface area contributed by atoms with Crippen LogP contribution in [0.25, 0.3) is 0 Å². The fraction of sp³-hybridized carbons (Fsp3) is 0.727. The maximum Gasteiger partial charge on any atom is 0.228 e. The number of hydrogen-bond donors (Lipinski definition) is 2. The molecule has 28 heavy (non-hydrogen) atoms. The van der Waals surface area contributed by atoms with Gasteiger partial charge in [0.2, 0.25) is 5.91 Å². The van der Waals surface area contributed by atoms with Crippen molar-refractivity contribution in [2.45, 2.75) is 65.4 Å². The molecule has 1 amide bonds. The molecule has 162 valence electrons. The third kappa shape index (κ3) is 9.13. The van der Waals surface area contributed by atoms with Crippen LogP contribution in [0.2, 0.25) is 0 Å². The van der Waals surface area contributed by atoms with E-state index in [1.165, 1.54) is 0 Å². The van der Waals surface area contributed by atoms with Crippen LogP contribution in [-0.2, 0) is 19.9 Å². The van der Waals surface area contributed by atoms with Crippen LogP contribution in [-0.4, -0.2) is 45.3 Å². The number of carbonyl (C=O) groups is 1. The molecule has 1 aromatic heterocycles. The number of rotatable bonds is 10. The second-order valence-electron chi connectivity index (χ2n) is 6.63. The lowest BCUT2D eigenvalue weighted by atomic mass is 9.89. The van der Waals surface area contributed by atoms with Crippen molar-refractivity contribution in [2.24, 2.45) is 5.92 Å². The van der Waals surface area contributed by atoms with Crippen molar-refractivity contribution in [1.29, 1.82) is 0 Å². The molecule has 1 heterocycles. The number of pyridine rings is 1. The molecule has 1 aliphatic rings. The van der Waals surface area contributed by atoms with Gasteiger partial charge in [0.05, 0.1) is 5.60 Å². The van der Waals surface area contributed by atoms with Crippen LogP contribution < -0.4 is 10.6 Å². The number of carbonyl (C=O) groups excluding carboxylic acids is 1. The minimum atomic E-state index is -0.377. The molecule has 0 radical (unpaired) electrons. The quantitative estimate of drug-likeness (QED) is 0.616. The van der Waals surface area contributed by atoms with Crippen molar-refractivity contribution >= 4 is 11.7 Å². The lowest BCUT2D eigenvalue weighted by molar-refractivity contribution is -0.117. The smallest absolute Gasteiger partial charge is 0.228 e. The third-order valence-electron chi connectivity index (χ3n) is 4.35. The highest BCUT2D eigenvalue weighted by molar-refractivity contribution is 5.93. The van der Waals surface area contributed by atoms with E-state index in [1.54, 1.807) is 7.11 Å². The van der Waals surface area contributed by atoms with Crippen molar-refractivity contribution in [2.75, 3.05) is 39.7 Å². The van der Waals surface area contributed by atoms with Crippen molar-refractivity contribution in [1.82, 2.24) is 10.3 Å². The Morgan fingerprint density at radius 2 is 1.86 bits per heavy atom. The topological polar surface area (TPSA) is 72.5 Å². The van der Waals surface area contributed by atoms with E-state index in [0.717, 1.165) is 37.7 Å². The third-order valence-corrected chi connectivity index (χ3v) is 4.35. The molecular formula is C22H41N3O3. The Labute approximate surface area is 171 Å². The SMILES string of the molecule is CC.CCCOC(CC)(CCOC)c1ccc(NC(=O)C2CC2)nc1.CNC. The maximum atomic E-state index is 11.8. The van der Waals surface area contributed by atoms with Crippen LogP contribution in [0.1, 0.15) is 65.4 Å². The number of nitrogens with one attached hydrogen (secondary N) is 2. The molecule has 1 aromatic rings. The fourth-order valence-electron chi connectivity index (χ4n) is 2.66. The standard InChI is InChI=1S/C18H28N2O3.C2H7N.C2H6/c1-4-11-23-18(5-2,10-12-22-3)15-8-9-16(19-13-15)20-17(21)14-6-7-14;1-3-2;1-2/h8-9,13-14H,4-7,10-12H2,1-3H3,(H,19,20,21);3H,1-2H3;1-2H3. The summed E-state index contributed by atoms with van der Waals surface area (Å²) in [4.78, 5) is 16.2. The molecule has 6 nitrogen and oxygen atoms in total. The number of methoxy groups -OCH3 is 1. The highest BCUT2D eigenvalue weighted by Crippen LogP contribution is 2.34. The van der Waals surface area contributed by atoms with Crippen molar-refractivity contribution in [3.63, 3.8) is 0 Å². The average molecular weight is 396 g/mol. The number of anilines is 1. The van der Waals surface area contributed by atoms with Gasteiger partial charge in [-0.05, 0) is 45.8 Å². The minimum Gasteiger partial charge on any atom is -0.385 e. The zero-order valence-electron chi connectivity index (χ0n) is 18.9. The first-order valence-corrected chi connectivity index (χ1v) is 10.6. The van der Waals surface area contributed by atoms with Crippen molar-refractivity contribution in [3.05, 3.63) is 23.9 Å². The molecule has 1 atom stereocenters. The summed E-state index contributed by atoms with van der Waals surface area (Å²) >= 11 is 0. The molecule has 0 saturated heterocycles. The van der Waals surface area contributed by atoms with Gasteiger partial charge >= 0.3 is 0 Å². The molecule has 1 aliphatic carbocycles. The Morgan fingerprint density at radius 1 is 1.21 bits per heavy atom. The summed E-state index contributed by atoms with van der Waals surface area (Å²) in [6, 6.07) is 3.87. The van der Waals surface area contributed by atoms with Crippen LogP contribution >= 0.6 is 0 Å². The predicted octanol–water partition coefficient (Wildman–Crippen LogP) is 4.36. The first kappa shape index (κ1) is 26.5. The predicted molar refractivity (Wildman–Crippen MR) is 117 cm³/mol. The number of nitrogens with zero attached hydrogens (tertiary/aromatic N) is 1. The Balaban J connectivity index is 0.00000133. The molecule has 0 aliphatic heterocycles. The zero-order valence-corrected chi connectivity index (χ0v) is 18.9. The highest BCUT2D eigenvalue weighted by Gasteiger charge is 2.32. The summed E-state index contributed by atoms with van der Waals surface area (Å²) in [5, 5.41) is 5.62. The van der Waals surface area contributed by atoms with Gasteiger partial charge in [-0.1, -0.05) is 33.8 Å². The van der Waals surface area contributed by atoms with Gasteiger partial charge in [0.15, 0.2) is 0 Å². The second-order valence-corrected chi connectivity index (χ2v) is 6.63. The number of amides is 1. The Kier molecular flexibility index (Phi) is 14.6. The van der Waals surface area contributed by atoms with E-state index in [-0.39, 0.29) is 17.4 Å². The van der Waals surface area contributed by atoms with Gasteiger partial charge in [0.25, 0.3) is 0 Å². The average Bonchev–Trinajstić information content (AvgIpc) is 3.57. The van der Waals surface area contributed by atoms with Crippen molar-refractivity contribution in [3.8, 4) is 0 Å². The first-order chi connectivity index (χ1) is 13.6. The largest absolute Gasteiger partial charge is 0.385 e. The summed E-state index contributed by atoms with van der Waals surface area (Å²) in [5.41, 5.74) is 0.660. The van der Waals surface area contributed by atoms with Gasteiger partial charge in [0.1, 0.15) is 5.82 Å². The summed E-state index contributed by atoms with van der Waals surface area (Å²) in [5.74, 6) is 0.868. The molecule has 0 spiro atoms. The van der Waals surface area contributed by atoms with Crippen molar-refractivity contribution < 1.29 is 14.3 Å². The van der Waals surface area contributed by atoms with Gasteiger partial charge in [-0.3, -0.25) is 4.79 Å². The van der Waals surface area contributed by atoms with Crippen LogP contribution in [0.5, 0.6) is 0 Å². The van der Waals surface area contributed by atoms with Gasteiger partial charge < -0.3 is 20.1 Å². The van der Waals surface area contributed by atoms with E-state index < -0.39 is 0 Å². The molecule has 2 N–H and O–H groups in total. The van der Waals surface area contributed by atoms with E-state index in [4.69, 9.17) is 9.47 Å². The lowest BCUT2D eigenvalue weighted by Gasteiger charge is -2.33. The number of aromatic nitrogens is 1. The van der Waals surface area contributed by atoms with Crippen LogP contribution in [0.4, 0.5) is 5.82 Å². The summed E-state index contributed by atoms with van der Waals surface area (Å²) < 4.78 is 11.4. The molecule has 0 aromatic carbocycles. The second kappa shape index (κ2) is 15.4.